The standard InChI is InChI=1S/C16H34N4O2S/c1-6-13(7-2)15(20(4)5)11-18-16(17-8-3)19-14-9-10-23(21,22)12-14/h13-15H,6-12H2,1-5H3,(H2,17,18,19). The summed E-state index contributed by atoms with van der Waals surface area (Å²) in [6.45, 7) is 7.95. The highest BCUT2D eigenvalue weighted by Gasteiger charge is 2.28. The van der Waals surface area contributed by atoms with Gasteiger partial charge >= 0.3 is 0 Å². The highest BCUT2D eigenvalue weighted by Crippen LogP contribution is 2.17. The molecule has 0 radical (unpaired) electrons. The molecule has 0 aromatic rings. The van der Waals surface area contributed by atoms with Gasteiger partial charge < -0.3 is 15.5 Å². The number of aliphatic imine (C=N–C) groups is 1. The maximum atomic E-state index is 11.6. The van der Waals surface area contributed by atoms with Crippen molar-refractivity contribution >= 4 is 15.8 Å². The summed E-state index contributed by atoms with van der Waals surface area (Å²) in [5.41, 5.74) is 0. The van der Waals surface area contributed by atoms with E-state index in [-0.39, 0.29) is 17.5 Å². The summed E-state index contributed by atoms with van der Waals surface area (Å²) < 4.78 is 23.2. The first-order valence-corrected chi connectivity index (χ1v) is 10.6. The molecule has 23 heavy (non-hydrogen) atoms. The van der Waals surface area contributed by atoms with Crippen LogP contribution in [0.1, 0.15) is 40.0 Å². The third-order valence-corrected chi connectivity index (χ3v) is 6.38. The summed E-state index contributed by atoms with van der Waals surface area (Å²) in [6.07, 6.45) is 2.94. The van der Waals surface area contributed by atoms with Crippen LogP contribution < -0.4 is 10.6 Å². The largest absolute Gasteiger partial charge is 0.357 e. The molecule has 1 rings (SSSR count). The monoisotopic (exact) mass is 346 g/mol. The van der Waals surface area contributed by atoms with Crippen LogP contribution in [0.5, 0.6) is 0 Å². The number of nitrogens with one attached hydrogen (secondary N) is 2. The number of rotatable bonds is 8. The molecule has 2 atom stereocenters. The Hall–Kier alpha value is -0.820. The Morgan fingerprint density at radius 1 is 1.26 bits per heavy atom. The molecule has 0 bridgehead atoms. The second-order valence-corrected chi connectivity index (χ2v) is 8.80. The van der Waals surface area contributed by atoms with Gasteiger partial charge in [-0.2, -0.15) is 0 Å². The lowest BCUT2D eigenvalue weighted by molar-refractivity contribution is 0.206. The van der Waals surface area contributed by atoms with Gasteiger partial charge in [0, 0.05) is 18.6 Å². The van der Waals surface area contributed by atoms with Gasteiger partial charge in [0.1, 0.15) is 0 Å². The predicted octanol–water partition coefficient (Wildman–Crippen LogP) is 1.10. The molecule has 1 saturated heterocycles. The Morgan fingerprint density at radius 2 is 1.91 bits per heavy atom. The minimum absolute atomic E-state index is 0.0243. The molecule has 0 saturated carbocycles. The molecule has 0 amide bonds. The molecule has 1 aliphatic rings. The van der Waals surface area contributed by atoms with E-state index in [2.05, 4.69) is 43.5 Å². The summed E-state index contributed by atoms with van der Waals surface area (Å²) in [6, 6.07) is 0.372. The van der Waals surface area contributed by atoms with Gasteiger partial charge in [0.2, 0.25) is 0 Å². The normalized spacial score (nSPS) is 22.6. The summed E-state index contributed by atoms with van der Waals surface area (Å²) in [7, 11) is 1.32. The van der Waals surface area contributed by atoms with Crippen molar-refractivity contribution in [2.45, 2.75) is 52.1 Å². The van der Waals surface area contributed by atoms with E-state index in [1.54, 1.807) is 0 Å². The van der Waals surface area contributed by atoms with Crippen LogP contribution in [-0.4, -0.2) is 70.1 Å². The maximum Gasteiger partial charge on any atom is 0.191 e. The lowest BCUT2D eigenvalue weighted by Crippen LogP contribution is -2.45. The van der Waals surface area contributed by atoms with Gasteiger partial charge in [0.15, 0.2) is 15.8 Å². The zero-order valence-electron chi connectivity index (χ0n) is 15.3. The maximum absolute atomic E-state index is 11.6. The van der Waals surface area contributed by atoms with E-state index in [0.717, 1.165) is 25.3 Å². The summed E-state index contributed by atoms with van der Waals surface area (Å²) in [5.74, 6) is 1.83. The van der Waals surface area contributed by atoms with E-state index in [0.29, 0.717) is 24.9 Å². The van der Waals surface area contributed by atoms with E-state index in [1.165, 1.54) is 0 Å². The minimum atomic E-state index is -2.88. The van der Waals surface area contributed by atoms with Crippen LogP contribution in [0.2, 0.25) is 0 Å². The van der Waals surface area contributed by atoms with Gasteiger partial charge in [-0.25, -0.2) is 8.42 Å². The summed E-state index contributed by atoms with van der Waals surface area (Å²) in [5, 5.41) is 6.51. The van der Waals surface area contributed by atoms with Crippen LogP contribution in [0.3, 0.4) is 0 Å². The van der Waals surface area contributed by atoms with E-state index >= 15 is 0 Å². The number of hydrogen-bond acceptors (Lipinski definition) is 4. The number of likely N-dealkylation sites (N-methyl/N-ethyl adjacent to an activating group) is 1. The Balaban J connectivity index is 2.72. The Kier molecular flexibility index (Phi) is 8.33. The number of hydrogen-bond donors (Lipinski definition) is 2. The zero-order chi connectivity index (χ0) is 17.5. The van der Waals surface area contributed by atoms with Crippen molar-refractivity contribution in [3.63, 3.8) is 0 Å². The molecule has 1 heterocycles. The molecule has 0 aromatic heterocycles. The average Bonchev–Trinajstić information content (AvgIpc) is 2.82. The van der Waals surface area contributed by atoms with E-state index in [9.17, 15) is 8.42 Å². The van der Waals surface area contributed by atoms with E-state index < -0.39 is 9.84 Å². The molecule has 2 N–H and O–H groups in total. The predicted molar refractivity (Wildman–Crippen MR) is 97.7 cm³/mol. The Morgan fingerprint density at radius 3 is 2.35 bits per heavy atom. The quantitative estimate of drug-likeness (QED) is 0.508. The lowest BCUT2D eigenvalue weighted by Gasteiger charge is -2.30. The molecule has 136 valence electrons. The molecule has 7 heteroatoms. The van der Waals surface area contributed by atoms with Gasteiger partial charge in [-0.05, 0) is 33.4 Å². The van der Waals surface area contributed by atoms with Gasteiger partial charge in [-0.15, -0.1) is 0 Å². The number of sulfone groups is 1. The fourth-order valence-electron chi connectivity index (χ4n) is 3.17. The first kappa shape index (κ1) is 20.2. The topological polar surface area (TPSA) is 73.8 Å². The first-order valence-electron chi connectivity index (χ1n) is 8.74. The second kappa shape index (κ2) is 9.47. The SMILES string of the molecule is CCNC(=NCC(C(CC)CC)N(C)C)NC1CCS(=O)(=O)C1. The molecule has 6 nitrogen and oxygen atoms in total. The number of nitrogens with zero attached hydrogens (tertiary/aromatic N) is 2. The highest BCUT2D eigenvalue weighted by atomic mass is 32.2. The Bertz CT molecular complexity index is 472. The Labute approximate surface area is 142 Å². The van der Waals surface area contributed by atoms with E-state index in [4.69, 9.17) is 4.99 Å². The van der Waals surface area contributed by atoms with Crippen LogP contribution in [-0.2, 0) is 9.84 Å². The molecule has 0 aliphatic carbocycles. The summed E-state index contributed by atoms with van der Waals surface area (Å²) >= 11 is 0. The average molecular weight is 347 g/mol. The van der Waals surface area contributed by atoms with Gasteiger partial charge in [-0.1, -0.05) is 26.7 Å². The van der Waals surface area contributed by atoms with Crippen LogP contribution in [0.15, 0.2) is 4.99 Å². The lowest BCUT2D eigenvalue weighted by atomic mass is 9.93. The second-order valence-electron chi connectivity index (χ2n) is 6.57. The molecule has 0 spiro atoms. The van der Waals surface area contributed by atoms with Crippen molar-refractivity contribution < 1.29 is 8.42 Å². The van der Waals surface area contributed by atoms with Crippen molar-refractivity contribution in [3.05, 3.63) is 0 Å². The summed E-state index contributed by atoms with van der Waals surface area (Å²) in [4.78, 5) is 6.96. The van der Waals surface area contributed by atoms with Crippen LogP contribution >= 0.6 is 0 Å². The van der Waals surface area contributed by atoms with Crippen molar-refractivity contribution in [2.75, 3.05) is 38.7 Å². The van der Waals surface area contributed by atoms with Gasteiger partial charge in [0.05, 0.1) is 18.1 Å². The van der Waals surface area contributed by atoms with Crippen molar-refractivity contribution in [2.24, 2.45) is 10.9 Å². The molecular formula is C16H34N4O2S. The molecule has 2 unspecified atom stereocenters. The van der Waals surface area contributed by atoms with Crippen molar-refractivity contribution in [3.8, 4) is 0 Å². The molecular weight excluding hydrogens is 312 g/mol. The molecule has 0 aromatic carbocycles. The van der Waals surface area contributed by atoms with Crippen molar-refractivity contribution in [1.29, 1.82) is 0 Å². The number of guanidine groups is 1. The third-order valence-electron chi connectivity index (χ3n) is 4.61. The van der Waals surface area contributed by atoms with E-state index in [1.807, 2.05) is 6.92 Å². The zero-order valence-corrected chi connectivity index (χ0v) is 16.1. The van der Waals surface area contributed by atoms with Gasteiger partial charge in [-0.3, -0.25) is 4.99 Å². The van der Waals surface area contributed by atoms with Crippen LogP contribution in [0.4, 0.5) is 0 Å². The van der Waals surface area contributed by atoms with Crippen LogP contribution in [0, 0.1) is 5.92 Å². The van der Waals surface area contributed by atoms with Gasteiger partial charge in [0.25, 0.3) is 0 Å². The smallest absolute Gasteiger partial charge is 0.191 e. The fraction of sp³-hybridized carbons (Fsp3) is 0.938. The molecule has 1 aliphatic heterocycles. The van der Waals surface area contributed by atoms with Crippen LogP contribution in [0.25, 0.3) is 0 Å². The van der Waals surface area contributed by atoms with Crippen molar-refractivity contribution in [1.82, 2.24) is 15.5 Å². The third kappa shape index (κ3) is 6.67. The highest BCUT2D eigenvalue weighted by molar-refractivity contribution is 7.91. The molecule has 1 fully saturated rings. The minimum Gasteiger partial charge on any atom is -0.357 e. The first-order chi connectivity index (χ1) is 10.8. The fourth-order valence-corrected chi connectivity index (χ4v) is 4.85.